The lowest BCUT2D eigenvalue weighted by Crippen LogP contribution is -2.23. The third-order valence-corrected chi connectivity index (χ3v) is 2.86. The Morgan fingerprint density at radius 2 is 2.26 bits per heavy atom. The van der Waals surface area contributed by atoms with Crippen molar-refractivity contribution in [2.75, 3.05) is 25.5 Å². The number of rotatable bonds is 6. The molecule has 0 amide bonds. The first-order valence-corrected chi connectivity index (χ1v) is 6.19. The van der Waals surface area contributed by atoms with Gasteiger partial charge >= 0.3 is 0 Å². The summed E-state index contributed by atoms with van der Waals surface area (Å²) in [6.07, 6.45) is 1.91. The maximum absolute atomic E-state index is 13.1. The zero-order valence-corrected chi connectivity index (χ0v) is 11.2. The molecule has 0 aliphatic heterocycles. The molecule has 1 aromatic heterocycles. The van der Waals surface area contributed by atoms with Gasteiger partial charge in [0.15, 0.2) is 0 Å². The number of hydrogen-bond acceptors (Lipinski definition) is 4. The van der Waals surface area contributed by atoms with Crippen LogP contribution in [0, 0.1) is 5.82 Å². The van der Waals surface area contributed by atoms with Crippen LogP contribution in [0.25, 0.3) is 0 Å². The molecule has 0 aliphatic rings. The zero-order valence-electron chi connectivity index (χ0n) is 11.2. The lowest BCUT2D eigenvalue weighted by molar-refractivity contribution is 0.585. The van der Waals surface area contributed by atoms with Crippen molar-refractivity contribution in [2.45, 2.75) is 13.1 Å². The van der Waals surface area contributed by atoms with Crippen LogP contribution in [0.1, 0.15) is 5.69 Å². The molecule has 0 spiro atoms. The van der Waals surface area contributed by atoms with Crippen molar-refractivity contribution in [1.29, 1.82) is 0 Å². The normalized spacial score (nSPS) is 10.7. The number of halogens is 1. The van der Waals surface area contributed by atoms with Crippen LogP contribution >= 0.6 is 0 Å². The van der Waals surface area contributed by atoms with Crippen LogP contribution in [0.3, 0.4) is 0 Å². The van der Waals surface area contributed by atoms with Gasteiger partial charge in [-0.3, -0.25) is 4.68 Å². The van der Waals surface area contributed by atoms with E-state index in [9.17, 15) is 4.39 Å². The Hall–Kier alpha value is -1.95. The van der Waals surface area contributed by atoms with Crippen LogP contribution in [0.2, 0.25) is 0 Å². The van der Waals surface area contributed by atoms with Gasteiger partial charge in [0.2, 0.25) is 0 Å². The molecule has 1 N–H and O–H groups in total. The van der Waals surface area contributed by atoms with Crippen LogP contribution in [0.4, 0.5) is 10.1 Å². The standard InChI is InChI=1S/C13H18FN5/c1-15-9-12-10-19(17-16-12)7-6-18(2)13-5-3-4-11(14)8-13/h3-5,8,10,15H,6-7,9H2,1-2H3. The summed E-state index contributed by atoms with van der Waals surface area (Å²) in [7, 11) is 3.80. The number of likely N-dealkylation sites (N-methyl/N-ethyl adjacent to an activating group) is 1. The number of aromatic nitrogens is 3. The van der Waals surface area contributed by atoms with Gasteiger partial charge in [-0.05, 0) is 25.2 Å². The van der Waals surface area contributed by atoms with Crippen molar-refractivity contribution in [1.82, 2.24) is 20.3 Å². The van der Waals surface area contributed by atoms with Crippen LogP contribution in [-0.2, 0) is 13.1 Å². The molecule has 2 aromatic rings. The number of nitrogens with zero attached hydrogens (tertiary/aromatic N) is 4. The zero-order chi connectivity index (χ0) is 13.7. The lowest BCUT2D eigenvalue weighted by atomic mass is 10.3. The molecule has 0 fully saturated rings. The van der Waals surface area contributed by atoms with E-state index in [2.05, 4.69) is 15.6 Å². The summed E-state index contributed by atoms with van der Waals surface area (Å²) in [4.78, 5) is 1.99. The SMILES string of the molecule is CNCc1cn(CCN(C)c2cccc(F)c2)nn1. The van der Waals surface area contributed by atoms with Crippen LogP contribution in [0.5, 0.6) is 0 Å². The van der Waals surface area contributed by atoms with Gasteiger partial charge < -0.3 is 10.2 Å². The second kappa shape index (κ2) is 6.29. The Bertz CT molecular complexity index is 525. The molecule has 19 heavy (non-hydrogen) atoms. The minimum Gasteiger partial charge on any atom is -0.373 e. The molecule has 0 radical (unpaired) electrons. The summed E-state index contributed by atoms with van der Waals surface area (Å²) < 4.78 is 14.9. The molecule has 0 bridgehead atoms. The molecule has 5 nitrogen and oxygen atoms in total. The molecule has 0 saturated heterocycles. The first-order valence-electron chi connectivity index (χ1n) is 6.19. The van der Waals surface area contributed by atoms with E-state index in [0.29, 0.717) is 13.1 Å². The first-order chi connectivity index (χ1) is 9.19. The molecule has 2 rings (SSSR count). The number of hydrogen-bond donors (Lipinski definition) is 1. The summed E-state index contributed by atoms with van der Waals surface area (Å²) in [6.45, 7) is 2.16. The number of anilines is 1. The molecule has 0 aliphatic carbocycles. The molecule has 1 aromatic carbocycles. The Morgan fingerprint density at radius 3 is 3.00 bits per heavy atom. The predicted octanol–water partition coefficient (Wildman–Crippen LogP) is 1.27. The average Bonchev–Trinajstić information content (AvgIpc) is 2.84. The highest BCUT2D eigenvalue weighted by Crippen LogP contribution is 2.13. The highest BCUT2D eigenvalue weighted by molar-refractivity contribution is 5.45. The fourth-order valence-electron chi connectivity index (χ4n) is 1.81. The second-order valence-corrected chi connectivity index (χ2v) is 4.40. The van der Waals surface area contributed by atoms with Gasteiger partial charge in [-0.2, -0.15) is 0 Å². The minimum absolute atomic E-state index is 0.221. The summed E-state index contributed by atoms with van der Waals surface area (Å²) in [6, 6.07) is 6.56. The first kappa shape index (κ1) is 13.5. The molecular weight excluding hydrogens is 245 g/mol. The summed E-state index contributed by atoms with van der Waals surface area (Å²) >= 11 is 0. The average molecular weight is 263 g/mol. The van der Waals surface area contributed by atoms with E-state index in [0.717, 1.165) is 17.9 Å². The Kier molecular flexibility index (Phi) is 4.46. The molecule has 1 heterocycles. The van der Waals surface area contributed by atoms with Gasteiger partial charge in [-0.25, -0.2) is 4.39 Å². The van der Waals surface area contributed by atoms with E-state index in [4.69, 9.17) is 0 Å². The van der Waals surface area contributed by atoms with Crippen molar-refractivity contribution in [3.63, 3.8) is 0 Å². The molecule has 0 saturated carbocycles. The summed E-state index contributed by atoms with van der Waals surface area (Å²) in [5.41, 5.74) is 1.77. The quantitative estimate of drug-likeness (QED) is 0.852. The van der Waals surface area contributed by atoms with Gasteiger partial charge in [0, 0.05) is 32.0 Å². The van der Waals surface area contributed by atoms with E-state index in [-0.39, 0.29) is 5.82 Å². The number of nitrogens with one attached hydrogen (secondary N) is 1. The Labute approximate surface area is 112 Å². The highest BCUT2D eigenvalue weighted by Gasteiger charge is 2.04. The fraction of sp³-hybridized carbons (Fsp3) is 0.385. The molecule has 0 unspecified atom stereocenters. The molecule has 102 valence electrons. The summed E-state index contributed by atoms with van der Waals surface area (Å²) in [5.74, 6) is -0.221. The minimum atomic E-state index is -0.221. The van der Waals surface area contributed by atoms with Gasteiger partial charge in [-0.15, -0.1) is 5.10 Å². The molecule has 0 atom stereocenters. The highest BCUT2D eigenvalue weighted by atomic mass is 19.1. The molecular formula is C13H18FN5. The molecule has 6 heteroatoms. The van der Waals surface area contributed by atoms with Crippen molar-refractivity contribution in [2.24, 2.45) is 0 Å². The number of benzene rings is 1. The Morgan fingerprint density at radius 1 is 1.42 bits per heavy atom. The maximum Gasteiger partial charge on any atom is 0.125 e. The van der Waals surface area contributed by atoms with E-state index in [1.807, 2.05) is 31.3 Å². The predicted molar refractivity (Wildman–Crippen MR) is 72.5 cm³/mol. The van der Waals surface area contributed by atoms with Crippen LogP contribution in [0.15, 0.2) is 30.5 Å². The van der Waals surface area contributed by atoms with E-state index in [1.54, 1.807) is 10.7 Å². The van der Waals surface area contributed by atoms with Crippen molar-refractivity contribution in [3.8, 4) is 0 Å². The van der Waals surface area contributed by atoms with Crippen molar-refractivity contribution in [3.05, 3.63) is 42.0 Å². The van der Waals surface area contributed by atoms with Crippen LogP contribution in [-0.4, -0.2) is 35.6 Å². The van der Waals surface area contributed by atoms with Gasteiger partial charge in [0.1, 0.15) is 5.82 Å². The van der Waals surface area contributed by atoms with Crippen molar-refractivity contribution >= 4 is 5.69 Å². The smallest absolute Gasteiger partial charge is 0.125 e. The van der Waals surface area contributed by atoms with Crippen LogP contribution < -0.4 is 10.2 Å². The van der Waals surface area contributed by atoms with Crippen molar-refractivity contribution < 1.29 is 4.39 Å². The topological polar surface area (TPSA) is 46.0 Å². The largest absolute Gasteiger partial charge is 0.373 e. The van der Waals surface area contributed by atoms with Gasteiger partial charge in [-0.1, -0.05) is 11.3 Å². The fourth-order valence-corrected chi connectivity index (χ4v) is 1.81. The van der Waals surface area contributed by atoms with Gasteiger partial charge in [0.25, 0.3) is 0 Å². The third-order valence-electron chi connectivity index (χ3n) is 2.86. The third kappa shape index (κ3) is 3.75. The summed E-state index contributed by atoms with van der Waals surface area (Å²) in [5, 5.41) is 11.1. The lowest BCUT2D eigenvalue weighted by Gasteiger charge is -2.18. The van der Waals surface area contributed by atoms with E-state index < -0.39 is 0 Å². The Balaban J connectivity index is 1.90. The van der Waals surface area contributed by atoms with E-state index in [1.165, 1.54) is 12.1 Å². The maximum atomic E-state index is 13.1. The van der Waals surface area contributed by atoms with E-state index >= 15 is 0 Å². The van der Waals surface area contributed by atoms with Gasteiger partial charge in [0.05, 0.1) is 12.2 Å². The monoisotopic (exact) mass is 263 g/mol. The second-order valence-electron chi connectivity index (χ2n) is 4.40.